The zero-order chi connectivity index (χ0) is 17.6. The summed E-state index contributed by atoms with van der Waals surface area (Å²) >= 11 is 0. The van der Waals surface area contributed by atoms with E-state index in [-0.39, 0.29) is 17.6 Å². The molecule has 0 bridgehead atoms. The summed E-state index contributed by atoms with van der Waals surface area (Å²) < 4.78 is 34.3. The van der Waals surface area contributed by atoms with Crippen LogP contribution < -0.4 is 4.74 Å². The smallest absolute Gasteiger partial charge is 0.134 e. The molecule has 2 aromatic carbocycles. The van der Waals surface area contributed by atoms with Gasteiger partial charge in [0.15, 0.2) is 0 Å². The molecule has 2 saturated carbocycles. The number of benzene rings is 2. The van der Waals surface area contributed by atoms with Gasteiger partial charge in [-0.05, 0) is 84.9 Å². The van der Waals surface area contributed by atoms with E-state index in [1.807, 2.05) is 0 Å². The van der Waals surface area contributed by atoms with Gasteiger partial charge in [0.2, 0.25) is 0 Å². The largest absolute Gasteiger partial charge is 0.497 e. The van der Waals surface area contributed by atoms with E-state index in [0.29, 0.717) is 28.0 Å². The molecule has 0 saturated heterocycles. The lowest BCUT2D eigenvalue weighted by molar-refractivity contribution is 0.124. The van der Waals surface area contributed by atoms with Crippen LogP contribution in [0.15, 0.2) is 24.3 Å². The van der Waals surface area contributed by atoms with Crippen molar-refractivity contribution >= 4 is 10.8 Å². The minimum absolute atomic E-state index is 0.201. The summed E-state index contributed by atoms with van der Waals surface area (Å²) in [6.45, 7) is 2.35. The van der Waals surface area contributed by atoms with Crippen LogP contribution in [0.1, 0.15) is 56.9 Å². The van der Waals surface area contributed by atoms with Crippen LogP contribution in [0.2, 0.25) is 0 Å². The maximum atomic E-state index is 14.8. The highest BCUT2D eigenvalue weighted by molar-refractivity contribution is 5.85. The Labute approximate surface area is 148 Å². The van der Waals surface area contributed by atoms with Crippen molar-refractivity contribution in [2.75, 3.05) is 7.11 Å². The van der Waals surface area contributed by atoms with Crippen LogP contribution in [0.3, 0.4) is 0 Å². The van der Waals surface area contributed by atoms with E-state index in [2.05, 4.69) is 6.92 Å². The highest BCUT2D eigenvalue weighted by Gasteiger charge is 2.35. The first-order valence-electron chi connectivity index (χ1n) is 9.52. The minimum Gasteiger partial charge on any atom is -0.497 e. The molecule has 2 aliphatic carbocycles. The highest BCUT2D eigenvalue weighted by atomic mass is 19.1. The Morgan fingerprint density at radius 3 is 2.44 bits per heavy atom. The third-order valence-electron chi connectivity index (χ3n) is 6.54. The second-order valence-electron chi connectivity index (χ2n) is 8.15. The van der Waals surface area contributed by atoms with Crippen molar-refractivity contribution in [3.05, 3.63) is 41.5 Å². The van der Waals surface area contributed by atoms with Gasteiger partial charge in [-0.2, -0.15) is 0 Å². The lowest BCUT2D eigenvalue weighted by Gasteiger charge is -2.41. The average molecular weight is 344 g/mol. The lowest BCUT2D eigenvalue weighted by Crippen LogP contribution is -2.29. The molecule has 25 heavy (non-hydrogen) atoms. The normalized spacial score (nSPS) is 29.4. The fourth-order valence-electron chi connectivity index (χ4n) is 5.17. The van der Waals surface area contributed by atoms with E-state index in [4.69, 9.17) is 4.74 Å². The van der Waals surface area contributed by atoms with Gasteiger partial charge < -0.3 is 4.74 Å². The Kier molecular flexibility index (Phi) is 4.43. The van der Waals surface area contributed by atoms with Crippen LogP contribution in [0.25, 0.3) is 10.8 Å². The maximum Gasteiger partial charge on any atom is 0.134 e. The van der Waals surface area contributed by atoms with E-state index < -0.39 is 0 Å². The van der Waals surface area contributed by atoms with E-state index in [1.165, 1.54) is 44.9 Å². The summed E-state index contributed by atoms with van der Waals surface area (Å²) in [4.78, 5) is 0. The molecular weight excluding hydrogens is 318 g/mol. The van der Waals surface area contributed by atoms with Gasteiger partial charge in [0, 0.05) is 11.5 Å². The third-order valence-corrected chi connectivity index (χ3v) is 6.54. The van der Waals surface area contributed by atoms with Gasteiger partial charge in [-0.25, -0.2) is 8.78 Å². The molecule has 1 nitrogen and oxygen atoms in total. The molecule has 2 aromatic rings. The van der Waals surface area contributed by atoms with Gasteiger partial charge in [-0.3, -0.25) is 0 Å². The zero-order valence-electron chi connectivity index (χ0n) is 15.0. The van der Waals surface area contributed by atoms with Crippen molar-refractivity contribution < 1.29 is 13.5 Å². The van der Waals surface area contributed by atoms with Crippen molar-refractivity contribution in [2.45, 2.75) is 51.4 Å². The molecular formula is C22H26F2O. The quantitative estimate of drug-likeness (QED) is 0.608. The molecule has 134 valence electrons. The van der Waals surface area contributed by atoms with Crippen molar-refractivity contribution in [1.29, 1.82) is 0 Å². The van der Waals surface area contributed by atoms with Crippen LogP contribution in [0.4, 0.5) is 8.78 Å². The summed E-state index contributed by atoms with van der Waals surface area (Å²) in [5, 5.41) is 1.06. The number of ether oxygens (including phenoxy) is 1. The van der Waals surface area contributed by atoms with Gasteiger partial charge in [-0.15, -0.1) is 0 Å². The number of fused-ring (bicyclic) bond motifs is 2. The molecule has 0 spiro atoms. The van der Waals surface area contributed by atoms with E-state index in [1.54, 1.807) is 12.1 Å². The summed E-state index contributed by atoms with van der Waals surface area (Å²) in [7, 11) is 1.49. The summed E-state index contributed by atoms with van der Waals surface area (Å²) in [6.07, 6.45) is 7.14. The number of rotatable bonds is 2. The first kappa shape index (κ1) is 16.8. The molecule has 0 N–H and O–H groups in total. The molecule has 0 aliphatic heterocycles. The highest BCUT2D eigenvalue weighted by Crippen LogP contribution is 2.48. The van der Waals surface area contributed by atoms with Crippen molar-refractivity contribution in [3.8, 4) is 5.75 Å². The van der Waals surface area contributed by atoms with Crippen molar-refractivity contribution in [1.82, 2.24) is 0 Å². The van der Waals surface area contributed by atoms with Crippen molar-refractivity contribution in [3.63, 3.8) is 0 Å². The first-order chi connectivity index (χ1) is 12.0. The fraction of sp³-hybridized carbons (Fsp3) is 0.545. The Morgan fingerprint density at radius 1 is 0.880 bits per heavy atom. The number of hydrogen-bond acceptors (Lipinski definition) is 1. The second-order valence-corrected chi connectivity index (χ2v) is 8.15. The second kappa shape index (κ2) is 6.59. The van der Waals surface area contributed by atoms with Gasteiger partial charge in [0.1, 0.15) is 17.4 Å². The Hall–Kier alpha value is -1.64. The number of hydrogen-bond donors (Lipinski definition) is 0. The molecule has 4 atom stereocenters. The lowest BCUT2D eigenvalue weighted by atomic mass is 9.64. The van der Waals surface area contributed by atoms with Crippen LogP contribution >= 0.6 is 0 Å². The Balaban J connectivity index is 1.65. The zero-order valence-corrected chi connectivity index (χ0v) is 15.0. The predicted molar refractivity (Wildman–Crippen MR) is 97.0 cm³/mol. The topological polar surface area (TPSA) is 9.23 Å². The molecule has 0 amide bonds. The monoisotopic (exact) mass is 344 g/mol. The van der Waals surface area contributed by atoms with Crippen LogP contribution in [0, 0.1) is 29.4 Å². The minimum atomic E-state index is -0.337. The SMILES string of the molecule is COc1cc(F)c2cc([C@@H]3CC[C@@H]4CC(C)CCC4C3)c(F)cc2c1. The predicted octanol–water partition coefficient (Wildman–Crippen LogP) is 6.45. The number of halogens is 2. The summed E-state index contributed by atoms with van der Waals surface area (Å²) in [6, 6.07) is 6.30. The fourth-order valence-corrected chi connectivity index (χ4v) is 5.17. The number of methoxy groups -OCH3 is 1. The average Bonchev–Trinajstić information content (AvgIpc) is 2.60. The first-order valence-corrected chi connectivity index (χ1v) is 9.52. The van der Waals surface area contributed by atoms with E-state index >= 15 is 0 Å². The molecule has 0 aromatic heterocycles. The maximum absolute atomic E-state index is 14.8. The van der Waals surface area contributed by atoms with Gasteiger partial charge >= 0.3 is 0 Å². The van der Waals surface area contributed by atoms with Crippen molar-refractivity contribution in [2.24, 2.45) is 17.8 Å². The van der Waals surface area contributed by atoms with E-state index in [0.717, 1.165) is 24.7 Å². The standard InChI is InChI=1S/C22H26F2O/c1-13-3-4-15-8-16(6-5-14(15)7-13)19-12-20-17(10-21(19)23)9-18(25-2)11-22(20)24/h9-16H,3-8H2,1-2H3/t13?,14-,15?,16-/m1/s1. The molecule has 3 heteroatoms. The third kappa shape index (κ3) is 3.14. The van der Waals surface area contributed by atoms with Crippen LogP contribution in [-0.4, -0.2) is 7.11 Å². The molecule has 2 unspecified atom stereocenters. The molecule has 0 radical (unpaired) electrons. The van der Waals surface area contributed by atoms with E-state index in [9.17, 15) is 8.78 Å². The molecule has 0 heterocycles. The van der Waals surface area contributed by atoms with Gasteiger partial charge in [0.25, 0.3) is 0 Å². The Bertz CT molecular complexity index is 785. The molecule has 2 aliphatic rings. The summed E-state index contributed by atoms with van der Waals surface area (Å²) in [5.74, 6) is 2.47. The molecule has 2 fully saturated rings. The summed E-state index contributed by atoms with van der Waals surface area (Å²) in [5.41, 5.74) is 0.702. The van der Waals surface area contributed by atoms with Gasteiger partial charge in [0.05, 0.1) is 7.11 Å². The van der Waals surface area contributed by atoms with Gasteiger partial charge in [-0.1, -0.05) is 13.3 Å². The van der Waals surface area contributed by atoms with Crippen LogP contribution in [-0.2, 0) is 0 Å². The Morgan fingerprint density at radius 2 is 1.64 bits per heavy atom. The molecule has 4 rings (SSSR count). The van der Waals surface area contributed by atoms with Crippen LogP contribution in [0.5, 0.6) is 5.75 Å².